The Hall–Kier alpha value is -6.55. The topological polar surface area (TPSA) is 142 Å². The Morgan fingerprint density at radius 3 is 2.19 bits per heavy atom. The molecule has 5 aromatic rings. The number of carbonyl (C=O) groups excluding carboxylic acids is 1. The lowest BCUT2D eigenvalue weighted by molar-refractivity contribution is -0.137. The Bertz CT molecular complexity index is 2630. The first-order valence-electron chi connectivity index (χ1n) is 22.5. The van der Waals surface area contributed by atoms with Crippen molar-refractivity contribution in [2.75, 3.05) is 63.4 Å². The van der Waals surface area contributed by atoms with Gasteiger partial charge in [0.2, 0.25) is 0 Å². The number of amides is 1. The van der Waals surface area contributed by atoms with Gasteiger partial charge in [-0.1, -0.05) is 24.3 Å². The van der Waals surface area contributed by atoms with E-state index in [1.54, 1.807) is 69.1 Å². The van der Waals surface area contributed by atoms with Crippen molar-refractivity contribution < 1.29 is 45.7 Å². The van der Waals surface area contributed by atoms with Gasteiger partial charge in [-0.05, 0) is 94.1 Å². The summed E-state index contributed by atoms with van der Waals surface area (Å²) in [4.78, 5) is 38.5. The van der Waals surface area contributed by atoms with Crippen molar-refractivity contribution in [3.05, 3.63) is 88.9 Å². The van der Waals surface area contributed by atoms with Crippen LogP contribution in [0, 0.1) is 24.1 Å². The van der Waals surface area contributed by atoms with Crippen LogP contribution in [0.1, 0.15) is 68.7 Å². The van der Waals surface area contributed by atoms with Crippen LogP contribution in [0.4, 0.5) is 38.4 Å². The minimum absolute atomic E-state index is 0.0132. The number of carbonyl (C=O) groups is 1. The standard InChI is InChI=1S/C49H54F5N9O5/c1-30-22-38(61(25-31-8-12-35(65-5)13-9-31)26-32-10-14-36(66-6)15-11-32)57-42(39(30)49(52,53)54)43-40(51)41-37(24-56-43)44(59-45(58-41)67-29-48-17-7-19-62(48)27-33(50)23-48)60-20-21-63(34(28-60)16-18-55)46(64)68-47(2,3)4/h8-15,22,24,33-34H,7,16-17,19-21,23,25-29H2,1-6H3/t33-,34+,48+/m1/s1. The minimum Gasteiger partial charge on any atom is -0.497 e. The second-order valence-electron chi connectivity index (χ2n) is 18.6. The van der Waals surface area contributed by atoms with E-state index >= 15 is 17.6 Å². The highest BCUT2D eigenvalue weighted by molar-refractivity contribution is 5.92. The molecule has 1 amide bonds. The van der Waals surface area contributed by atoms with E-state index in [9.17, 15) is 14.4 Å². The number of ether oxygens (including phenoxy) is 4. The molecule has 0 radical (unpaired) electrons. The molecule has 19 heteroatoms. The Morgan fingerprint density at radius 2 is 1.59 bits per heavy atom. The molecule has 8 rings (SSSR count). The van der Waals surface area contributed by atoms with E-state index in [0.717, 1.165) is 17.5 Å². The lowest BCUT2D eigenvalue weighted by Gasteiger charge is -2.41. The van der Waals surface area contributed by atoms with E-state index in [4.69, 9.17) is 23.9 Å². The summed E-state index contributed by atoms with van der Waals surface area (Å²) in [5.41, 5.74) is -3.06. The number of rotatable bonds is 13. The average Bonchev–Trinajstić information content (AvgIpc) is 3.83. The molecule has 0 spiro atoms. The number of aryl methyl sites for hydroxylation is 1. The number of alkyl halides is 4. The fourth-order valence-corrected chi connectivity index (χ4v) is 9.50. The van der Waals surface area contributed by atoms with E-state index < -0.39 is 58.4 Å². The molecule has 0 bridgehead atoms. The second-order valence-corrected chi connectivity index (χ2v) is 18.6. The lowest BCUT2D eigenvalue weighted by Crippen LogP contribution is -2.56. The first-order valence-corrected chi connectivity index (χ1v) is 22.5. The molecule has 14 nitrogen and oxygen atoms in total. The smallest absolute Gasteiger partial charge is 0.418 e. The molecular weight excluding hydrogens is 890 g/mol. The number of halogens is 5. The fourth-order valence-electron chi connectivity index (χ4n) is 9.50. The van der Waals surface area contributed by atoms with E-state index in [2.05, 4.69) is 21.0 Å². The first-order chi connectivity index (χ1) is 32.4. The summed E-state index contributed by atoms with van der Waals surface area (Å²) in [5, 5.41) is 9.87. The van der Waals surface area contributed by atoms with E-state index in [0.29, 0.717) is 24.5 Å². The van der Waals surface area contributed by atoms with Crippen LogP contribution in [0.2, 0.25) is 0 Å². The van der Waals surface area contributed by atoms with Gasteiger partial charge in [-0.3, -0.25) is 9.88 Å². The number of nitriles is 1. The van der Waals surface area contributed by atoms with Gasteiger partial charge >= 0.3 is 18.3 Å². The summed E-state index contributed by atoms with van der Waals surface area (Å²) in [7, 11) is 3.09. The summed E-state index contributed by atoms with van der Waals surface area (Å²) >= 11 is 0. The molecule has 360 valence electrons. The number of hydrogen-bond acceptors (Lipinski definition) is 13. The van der Waals surface area contributed by atoms with Crippen molar-refractivity contribution in [1.29, 1.82) is 5.26 Å². The molecule has 6 heterocycles. The van der Waals surface area contributed by atoms with Gasteiger partial charge in [0.05, 0.1) is 49.2 Å². The number of anilines is 2. The van der Waals surface area contributed by atoms with Crippen molar-refractivity contribution in [3.63, 3.8) is 0 Å². The molecule has 3 aromatic heterocycles. The third kappa shape index (κ3) is 10.2. The van der Waals surface area contributed by atoms with Crippen LogP contribution in [-0.2, 0) is 24.0 Å². The number of aromatic nitrogens is 4. The SMILES string of the molecule is COc1ccc(CN(Cc2ccc(OC)cc2)c2cc(C)c(C(F)(F)F)c(-c3ncc4c(N5CCN(C(=O)OC(C)(C)C)[C@@H](CC#N)C5)nc(OC[C@@]56CCCN5C[C@H](F)C6)nc4c3F)n2)cc1. The van der Waals surface area contributed by atoms with Gasteiger partial charge < -0.3 is 33.6 Å². The zero-order valence-corrected chi connectivity index (χ0v) is 38.9. The van der Waals surface area contributed by atoms with Gasteiger partial charge in [0.15, 0.2) is 5.82 Å². The molecule has 68 heavy (non-hydrogen) atoms. The number of fused-ring (bicyclic) bond motifs is 2. The lowest BCUT2D eigenvalue weighted by atomic mass is 9.95. The first kappa shape index (κ1) is 47.9. The predicted octanol–water partition coefficient (Wildman–Crippen LogP) is 9.07. The molecule has 2 aromatic carbocycles. The summed E-state index contributed by atoms with van der Waals surface area (Å²) in [6.45, 7) is 8.14. The normalized spacial score (nSPS) is 19.7. The highest BCUT2D eigenvalue weighted by Gasteiger charge is 2.49. The van der Waals surface area contributed by atoms with Gasteiger partial charge in [0, 0.05) is 51.9 Å². The minimum atomic E-state index is -4.98. The van der Waals surface area contributed by atoms with Crippen LogP contribution in [-0.4, -0.2) is 113 Å². The van der Waals surface area contributed by atoms with Gasteiger partial charge in [0.1, 0.15) is 58.4 Å². The molecule has 3 saturated heterocycles. The van der Waals surface area contributed by atoms with Gasteiger partial charge in [-0.2, -0.15) is 28.4 Å². The maximum Gasteiger partial charge on any atom is 0.418 e. The van der Waals surface area contributed by atoms with Gasteiger partial charge in [-0.25, -0.2) is 18.6 Å². The molecule has 0 unspecified atom stereocenters. The fraction of sp³-hybridized carbons (Fsp3) is 0.469. The monoisotopic (exact) mass is 943 g/mol. The number of hydrogen-bond donors (Lipinski definition) is 0. The largest absolute Gasteiger partial charge is 0.497 e. The van der Waals surface area contributed by atoms with Gasteiger partial charge in [-0.15, -0.1) is 0 Å². The van der Waals surface area contributed by atoms with E-state index in [-0.39, 0.29) is 92.8 Å². The molecule has 3 aliphatic rings. The Kier molecular flexibility index (Phi) is 13.5. The van der Waals surface area contributed by atoms with Crippen LogP contribution in [0.5, 0.6) is 17.5 Å². The summed E-state index contributed by atoms with van der Waals surface area (Å²) in [6.07, 6.45) is -3.79. The maximum absolute atomic E-state index is 17.6. The van der Waals surface area contributed by atoms with Crippen molar-refractivity contribution in [1.82, 2.24) is 29.7 Å². The Balaban J connectivity index is 1.24. The highest BCUT2D eigenvalue weighted by atomic mass is 19.4. The van der Waals surface area contributed by atoms with Crippen molar-refractivity contribution in [2.24, 2.45) is 0 Å². The summed E-state index contributed by atoms with van der Waals surface area (Å²) < 4.78 is 101. The van der Waals surface area contributed by atoms with Gasteiger partial charge in [0.25, 0.3) is 0 Å². The molecule has 0 saturated carbocycles. The molecule has 3 aliphatic heterocycles. The van der Waals surface area contributed by atoms with Crippen LogP contribution in [0.3, 0.4) is 0 Å². The summed E-state index contributed by atoms with van der Waals surface area (Å²) in [6, 6.07) is 17.0. The van der Waals surface area contributed by atoms with Crippen LogP contribution < -0.4 is 24.0 Å². The average molecular weight is 944 g/mol. The van der Waals surface area contributed by atoms with Crippen molar-refractivity contribution in [3.8, 4) is 35.0 Å². The third-order valence-electron chi connectivity index (χ3n) is 12.7. The van der Waals surface area contributed by atoms with E-state index in [1.807, 2.05) is 29.2 Å². The number of benzene rings is 2. The zero-order chi connectivity index (χ0) is 48.5. The zero-order valence-electron chi connectivity index (χ0n) is 38.9. The number of piperazine rings is 1. The van der Waals surface area contributed by atoms with Crippen LogP contribution >= 0.6 is 0 Å². The summed E-state index contributed by atoms with van der Waals surface area (Å²) in [5.74, 6) is 0.298. The molecule has 3 fully saturated rings. The number of pyridine rings is 2. The predicted molar refractivity (Wildman–Crippen MR) is 244 cm³/mol. The van der Waals surface area contributed by atoms with Crippen molar-refractivity contribution in [2.45, 2.75) is 96.0 Å². The third-order valence-corrected chi connectivity index (χ3v) is 12.7. The van der Waals surface area contributed by atoms with Crippen LogP contribution in [0.15, 0.2) is 60.8 Å². The quantitative estimate of drug-likeness (QED) is 0.104. The Labute approximate surface area is 391 Å². The number of methoxy groups -OCH3 is 2. The molecule has 0 N–H and O–H groups in total. The molecule has 0 aliphatic carbocycles. The van der Waals surface area contributed by atoms with Crippen LogP contribution in [0.25, 0.3) is 22.3 Å². The van der Waals surface area contributed by atoms with Crippen molar-refractivity contribution >= 4 is 28.6 Å². The molecule has 3 atom stereocenters. The van der Waals surface area contributed by atoms with E-state index in [1.165, 1.54) is 24.1 Å². The number of nitrogens with zero attached hydrogens (tertiary/aromatic N) is 9. The molecular formula is C49H54F5N9O5. The maximum atomic E-state index is 17.6. The second kappa shape index (κ2) is 19.2. The highest BCUT2D eigenvalue weighted by Crippen LogP contribution is 2.43. The Morgan fingerprint density at radius 1 is 0.926 bits per heavy atom.